The Labute approximate surface area is 138 Å². The minimum absolute atomic E-state index is 0.00924. The van der Waals surface area contributed by atoms with E-state index in [1.54, 1.807) is 18.2 Å². The molecular weight excluding hydrogens is 330 g/mol. The summed E-state index contributed by atoms with van der Waals surface area (Å²) in [6, 6.07) is 12.5. The van der Waals surface area contributed by atoms with Crippen molar-refractivity contribution in [3.05, 3.63) is 54.3 Å². The molecule has 0 atom stereocenters. The van der Waals surface area contributed by atoms with E-state index in [4.69, 9.17) is 4.42 Å². The second kappa shape index (κ2) is 6.01. The highest BCUT2D eigenvalue weighted by atomic mass is 32.2. The number of aromatic hydroxyl groups is 1. The summed E-state index contributed by atoms with van der Waals surface area (Å²) in [5.41, 5.74) is 0.573. The number of rotatable bonds is 4. The highest BCUT2D eigenvalue weighted by Gasteiger charge is 2.17. The van der Waals surface area contributed by atoms with Crippen molar-refractivity contribution in [2.24, 2.45) is 0 Å². The third-order valence-electron chi connectivity index (χ3n) is 3.60. The fourth-order valence-electron chi connectivity index (χ4n) is 2.25. The predicted octanol–water partition coefficient (Wildman–Crippen LogP) is 3.18. The van der Waals surface area contributed by atoms with Gasteiger partial charge in [-0.3, -0.25) is 4.79 Å². The van der Waals surface area contributed by atoms with Crippen LogP contribution in [0.15, 0.2) is 57.8 Å². The number of benzene rings is 2. The molecule has 1 aromatic heterocycles. The van der Waals surface area contributed by atoms with Gasteiger partial charge in [-0.05, 0) is 30.3 Å². The lowest BCUT2D eigenvalue weighted by molar-refractivity contribution is 0.0998. The first-order valence-electron chi connectivity index (χ1n) is 7.26. The number of carbonyl (C=O) groups excluding carboxylic acids is 1. The molecule has 0 spiro atoms. The number of para-hydroxylation sites is 1. The predicted molar refractivity (Wildman–Crippen MR) is 90.0 cm³/mol. The number of sulfone groups is 1. The first-order valence-corrected chi connectivity index (χ1v) is 8.91. The Morgan fingerprint density at radius 1 is 1.17 bits per heavy atom. The minimum atomic E-state index is -3.44. The number of hydrogen-bond acceptors (Lipinski definition) is 5. The van der Waals surface area contributed by atoms with Gasteiger partial charge in [-0.15, -0.1) is 0 Å². The molecule has 0 bridgehead atoms. The van der Waals surface area contributed by atoms with Crippen molar-refractivity contribution in [3.63, 3.8) is 0 Å². The minimum Gasteiger partial charge on any atom is -0.506 e. The van der Waals surface area contributed by atoms with E-state index < -0.39 is 15.7 Å². The van der Waals surface area contributed by atoms with Gasteiger partial charge in [-0.2, -0.15) is 0 Å². The van der Waals surface area contributed by atoms with Crippen molar-refractivity contribution < 1.29 is 22.7 Å². The van der Waals surface area contributed by atoms with Crippen LogP contribution in [-0.2, 0) is 9.84 Å². The maximum atomic E-state index is 12.3. The topological polar surface area (TPSA) is 96.6 Å². The summed E-state index contributed by atoms with van der Waals surface area (Å²) in [6.45, 7) is 1.52. The largest absolute Gasteiger partial charge is 0.506 e. The number of carbonyl (C=O) groups is 1. The molecule has 0 saturated heterocycles. The molecular formula is C17H15NO5S. The second-order valence-corrected chi connectivity index (χ2v) is 7.46. The number of nitrogens with one attached hydrogen (secondary N) is 1. The molecule has 0 aliphatic heterocycles. The van der Waals surface area contributed by atoms with Gasteiger partial charge in [0.15, 0.2) is 15.6 Å². The van der Waals surface area contributed by atoms with E-state index in [1.165, 1.54) is 25.1 Å². The summed E-state index contributed by atoms with van der Waals surface area (Å²) < 4.78 is 29.3. The third kappa shape index (κ3) is 2.98. The number of furan rings is 1. The van der Waals surface area contributed by atoms with Gasteiger partial charge in [0, 0.05) is 5.39 Å². The summed E-state index contributed by atoms with van der Waals surface area (Å²) in [4.78, 5) is 12.3. The molecule has 0 fully saturated rings. The van der Waals surface area contributed by atoms with E-state index in [2.05, 4.69) is 5.32 Å². The highest BCUT2D eigenvalue weighted by Crippen LogP contribution is 2.28. The van der Waals surface area contributed by atoms with Gasteiger partial charge in [0.2, 0.25) is 0 Å². The zero-order valence-corrected chi connectivity index (χ0v) is 13.6. The molecule has 0 aliphatic carbocycles. The number of phenols is 1. The third-order valence-corrected chi connectivity index (χ3v) is 5.34. The average Bonchev–Trinajstić information content (AvgIpc) is 3.01. The Kier molecular flexibility index (Phi) is 4.02. The van der Waals surface area contributed by atoms with Gasteiger partial charge < -0.3 is 14.8 Å². The monoisotopic (exact) mass is 345 g/mol. The van der Waals surface area contributed by atoms with E-state index in [0.29, 0.717) is 5.58 Å². The Hall–Kier alpha value is -2.80. The zero-order chi connectivity index (χ0) is 17.3. The molecule has 1 heterocycles. The molecule has 0 saturated carbocycles. The zero-order valence-electron chi connectivity index (χ0n) is 12.8. The van der Waals surface area contributed by atoms with Gasteiger partial charge >= 0.3 is 0 Å². The van der Waals surface area contributed by atoms with Gasteiger partial charge in [-0.1, -0.05) is 25.1 Å². The molecule has 0 radical (unpaired) electrons. The van der Waals surface area contributed by atoms with Crippen molar-refractivity contribution in [1.82, 2.24) is 0 Å². The van der Waals surface area contributed by atoms with Crippen molar-refractivity contribution in [2.45, 2.75) is 11.8 Å². The maximum Gasteiger partial charge on any atom is 0.291 e. The first-order chi connectivity index (χ1) is 11.4. The SMILES string of the molecule is CCS(=O)(=O)c1ccc(O)c(NC(=O)c2cc3ccccc3o2)c1. The lowest BCUT2D eigenvalue weighted by atomic mass is 10.2. The number of hydrogen-bond donors (Lipinski definition) is 2. The Balaban J connectivity index is 1.92. The van der Waals surface area contributed by atoms with E-state index >= 15 is 0 Å². The lowest BCUT2D eigenvalue weighted by Crippen LogP contribution is -2.12. The van der Waals surface area contributed by atoms with Gasteiger partial charge in [-0.25, -0.2) is 8.42 Å². The molecule has 124 valence electrons. The van der Waals surface area contributed by atoms with Crippen molar-refractivity contribution in [2.75, 3.05) is 11.1 Å². The van der Waals surface area contributed by atoms with Gasteiger partial charge in [0.1, 0.15) is 11.3 Å². The van der Waals surface area contributed by atoms with Gasteiger partial charge in [0.25, 0.3) is 5.91 Å². The molecule has 6 nitrogen and oxygen atoms in total. The maximum absolute atomic E-state index is 12.3. The van der Waals surface area contributed by atoms with Crippen LogP contribution in [0.4, 0.5) is 5.69 Å². The normalized spacial score (nSPS) is 11.5. The van der Waals surface area contributed by atoms with Crippen LogP contribution in [0.3, 0.4) is 0 Å². The fourth-order valence-corrected chi connectivity index (χ4v) is 3.16. The van der Waals surface area contributed by atoms with Crippen LogP contribution >= 0.6 is 0 Å². The second-order valence-electron chi connectivity index (χ2n) is 5.18. The Bertz CT molecular complexity index is 987. The highest BCUT2D eigenvalue weighted by molar-refractivity contribution is 7.91. The molecule has 1 amide bonds. The quantitative estimate of drug-likeness (QED) is 0.708. The average molecular weight is 345 g/mol. The van der Waals surface area contributed by atoms with Crippen molar-refractivity contribution in [1.29, 1.82) is 0 Å². The molecule has 0 aliphatic rings. The summed E-state index contributed by atoms with van der Waals surface area (Å²) in [5.74, 6) is -0.809. The Morgan fingerprint density at radius 2 is 1.92 bits per heavy atom. The van der Waals surface area contributed by atoms with E-state index in [-0.39, 0.29) is 27.8 Å². The van der Waals surface area contributed by atoms with Gasteiger partial charge in [0.05, 0.1) is 16.3 Å². The molecule has 2 aromatic carbocycles. The number of anilines is 1. The van der Waals surface area contributed by atoms with Crippen LogP contribution in [0, 0.1) is 0 Å². The van der Waals surface area contributed by atoms with E-state index in [1.807, 2.05) is 12.1 Å². The fraction of sp³-hybridized carbons (Fsp3) is 0.118. The van der Waals surface area contributed by atoms with E-state index in [9.17, 15) is 18.3 Å². The summed E-state index contributed by atoms with van der Waals surface area (Å²) >= 11 is 0. The van der Waals surface area contributed by atoms with Crippen LogP contribution in [0.2, 0.25) is 0 Å². The molecule has 0 unspecified atom stereocenters. The van der Waals surface area contributed by atoms with Crippen LogP contribution in [0.1, 0.15) is 17.5 Å². The van der Waals surface area contributed by atoms with Crippen molar-refractivity contribution >= 4 is 32.4 Å². The molecule has 7 heteroatoms. The Morgan fingerprint density at radius 3 is 2.62 bits per heavy atom. The van der Waals surface area contributed by atoms with Crippen molar-refractivity contribution in [3.8, 4) is 5.75 Å². The number of amides is 1. The van der Waals surface area contributed by atoms with E-state index in [0.717, 1.165) is 5.39 Å². The van der Waals surface area contributed by atoms with Crippen LogP contribution in [0.5, 0.6) is 5.75 Å². The molecule has 3 rings (SSSR count). The summed E-state index contributed by atoms with van der Waals surface area (Å²) in [5, 5.41) is 13.1. The van der Waals surface area contributed by atoms with Crippen LogP contribution in [0.25, 0.3) is 11.0 Å². The van der Waals surface area contributed by atoms with Crippen LogP contribution < -0.4 is 5.32 Å². The summed E-state index contributed by atoms with van der Waals surface area (Å²) in [7, 11) is -3.44. The smallest absolute Gasteiger partial charge is 0.291 e. The summed E-state index contributed by atoms with van der Waals surface area (Å²) in [6.07, 6.45) is 0. The standard InChI is InChI=1S/C17H15NO5S/c1-2-24(21,22)12-7-8-14(19)13(10-12)18-17(20)16-9-11-5-3-4-6-15(11)23-16/h3-10,19H,2H2,1H3,(H,18,20). The van der Waals surface area contributed by atoms with Crippen LogP contribution in [-0.4, -0.2) is 25.2 Å². The lowest BCUT2D eigenvalue weighted by Gasteiger charge is -2.08. The molecule has 3 aromatic rings. The first kappa shape index (κ1) is 16.1. The number of phenolic OH excluding ortho intramolecular Hbond substituents is 1. The molecule has 2 N–H and O–H groups in total. The number of fused-ring (bicyclic) bond motifs is 1. The molecule has 24 heavy (non-hydrogen) atoms.